The lowest BCUT2D eigenvalue weighted by atomic mass is 10.2. The molecule has 1 atom stereocenters. The van der Waals surface area contributed by atoms with Gasteiger partial charge in [-0.15, -0.1) is 11.8 Å². The molecule has 0 bridgehead atoms. The lowest BCUT2D eigenvalue weighted by molar-refractivity contribution is -0.138. The monoisotopic (exact) mass is 297 g/mol. The zero-order valence-electron chi connectivity index (χ0n) is 10.5. The summed E-state index contributed by atoms with van der Waals surface area (Å²) in [6.07, 6.45) is -0.456. The van der Waals surface area contributed by atoms with E-state index in [4.69, 9.17) is 16.6 Å². The van der Waals surface area contributed by atoms with Crippen molar-refractivity contribution in [2.45, 2.75) is 17.4 Å². The van der Waals surface area contributed by atoms with E-state index in [2.05, 4.69) is 5.32 Å². The smallest absolute Gasteiger partial charge is 0.305 e. The molecule has 0 radical (unpaired) electrons. The summed E-state index contributed by atoms with van der Waals surface area (Å²) in [5.41, 5.74) is 11.0. The van der Waals surface area contributed by atoms with E-state index >= 15 is 0 Å². The first-order valence-electron chi connectivity index (χ1n) is 5.68. The predicted octanol–water partition coefficient (Wildman–Crippen LogP) is 0.00450. The molecule has 2 amide bonds. The van der Waals surface area contributed by atoms with Gasteiger partial charge in [0, 0.05) is 4.90 Å². The van der Waals surface area contributed by atoms with Gasteiger partial charge in [-0.1, -0.05) is 12.1 Å². The van der Waals surface area contributed by atoms with Gasteiger partial charge in [0.05, 0.1) is 23.9 Å². The Bertz CT molecular complexity index is 521. The second-order valence-corrected chi connectivity index (χ2v) is 4.96. The van der Waals surface area contributed by atoms with Crippen LogP contribution in [0.3, 0.4) is 0 Å². The van der Waals surface area contributed by atoms with Gasteiger partial charge in [0.15, 0.2) is 0 Å². The van der Waals surface area contributed by atoms with Crippen molar-refractivity contribution in [1.82, 2.24) is 0 Å². The number of carboxylic acids is 1. The van der Waals surface area contributed by atoms with Gasteiger partial charge in [-0.05, 0) is 12.1 Å². The van der Waals surface area contributed by atoms with Gasteiger partial charge in [-0.25, -0.2) is 0 Å². The number of amides is 2. The van der Waals surface area contributed by atoms with Gasteiger partial charge in [-0.2, -0.15) is 0 Å². The maximum absolute atomic E-state index is 11.7. The van der Waals surface area contributed by atoms with E-state index < -0.39 is 30.2 Å². The highest BCUT2D eigenvalue weighted by Crippen LogP contribution is 2.26. The van der Waals surface area contributed by atoms with Gasteiger partial charge >= 0.3 is 5.97 Å². The van der Waals surface area contributed by atoms with Crippen LogP contribution in [0.4, 0.5) is 5.69 Å². The summed E-state index contributed by atoms with van der Waals surface area (Å²) in [7, 11) is 0. The summed E-state index contributed by atoms with van der Waals surface area (Å²) >= 11 is 1.18. The van der Waals surface area contributed by atoms with Crippen LogP contribution in [-0.2, 0) is 14.4 Å². The van der Waals surface area contributed by atoms with Crippen molar-refractivity contribution >= 4 is 35.2 Å². The van der Waals surface area contributed by atoms with Crippen molar-refractivity contribution in [3.8, 4) is 0 Å². The molecule has 0 aliphatic rings. The van der Waals surface area contributed by atoms with Crippen molar-refractivity contribution in [1.29, 1.82) is 0 Å². The third kappa shape index (κ3) is 5.29. The zero-order valence-corrected chi connectivity index (χ0v) is 11.4. The summed E-state index contributed by atoms with van der Waals surface area (Å²) in [6, 6.07) is 5.66. The summed E-state index contributed by atoms with van der Waals surface area (Å²) < 4.78 is 0. The molecule has 0 fully saturated rings. The quantitative estimate of drug-likeness (QED) is 0.523. The van der Waals surface area contributed by atoms with Gasteiger partial charge in [0.25, 0.3) is 0 Å². The summed E-state index contributed by atoms with van der Waals surface area (Å²) in [5, 5.41) is 11.1. The highest BCUT2D eigenvalue weighted by Gasteiger charge is 2.18. The van der Waals surface area contributed by atoms with Crippen molar-refractivity contribution in [3.63, 3.8) is 0 Å². The number of benzene rings is 1. The molecule has 1 aromatic carbocycles. The number of hydrogen-bond acceptors (Lipinski definition) is 5. The Balaban J connectivity index is 2.73. The largest absolute Gasteiger partial charge is 0.481 e. The molecular formula is C12H15N3O4S. The summed E-state index contributed by atoms with van der Waals surface area (Å²) in [6.45, 7) is 0. The molecule has 1 rings (SSSR count). The lowest BCUT2D eigenvalue weighted by Crippen LogP contribution is -2.37. The molecule has 0 aliphatic heterocycles. The number of para-hydroxylation sites is 1. The normalized spacial score (nSPS) is 11.7. The van der Waals surface area contributed by atoms with Gasteiger partial charge in [0.1, 0.15) is 0 Å². The Hall–Kier alpha value is -2.06. The number of thioether (sulfide) groups is 1. The fourth-order valence-electron chi connectivity index (χ4n) is 1.35. The van der Waals surface area contributed by atoms with Crippen LogP contribution >= 0.6 is 11.8 Å². The van der Waals surface area contributed by atoms with Gasteiger partial charge in [0.2, 0.25) is 11.8 Å². The minimum absolute atomic E-state index is 0.0774. The maximum atomic E-state index is 11.7. The number of anilines is 1. The second kappa shape index (κ2) is 7.51. The van der Waals surface area contributed by atoms with Crippen LogP contribution in [0.5, 0.6) is 0 Å². The number of rotatable bonds is 7. The Morgan fingerprint density at radius 2 is 1.95 bits per heavy atom. The van der Waals surface area contributed by atoms with Gasteiger partial charge < -0.3 is 21.9 Å². The molecule has 108 valence electrons. The molecular weight excluding hydrogens is 282 g/mol. The molecule has 1 aromatic rings. The Kier molecular flexibility index (Phi) is 6.01. The SMILES string of the molecule is NC(=O)CSc1ccccc1NC(=O)C(N)CC(=O)O. The third-order valence-corrected chi connectivity index (χ3v) is 3.34. The van der Waals surface area contributed by atoms with Crippen molar-refractivity contribution in [3.05, 3.63) is 24.3 Å². The molecule has 0 aromatic heterocycles. The van der Waals surface area contributed by atoms with E-state index in [0.717, 1.165) is 0 Å². The molecule has 1 unspecified atom stereocenters. The maximum Gasteiger partial charge on any atom is 0.305 e. The number of carbonyl (C=O) groups is 3. The molecule has 20 heavy (non-hydrogen) atoms. The first kappa shape index (κ1) is 16.0. The molecule has 7 nitrogen and oxygen atoms in total. The average Bonchev–Trinajstić information content (AvgIpc) is 2.36. The first-order valence-corrected chi connectivity index (χ1v) is 6.67. The predicted molar refractivity (Wildman–Crippen MR) is 75.2 cm³/mol. The Labute approximate surface area is 119 Å². The van der Waals surface area contributed by atoms with E-state index in [9.17, 15) is 14.4 Å². The van der Waals surface area contributed by atoms with E-state index in [-0.39, 0.29) is 5.75 Å². The van der Waals surface area contributed by atoms with Crippen molar-refractivity contribution in [2.24, 2.45) is 11.5 Å². The third-order valence-electron chi connectivity index (χ3n) is 2.25. The van der Waals surface area contributed by atoms with E-state index in [1.807, 2.05) is 0 Å². The molecule has 0 saturated heterocycles. The van der Waals surface area contributed by atoms with Crippen LogP contribution in [0.2, 0.25) is 0 Å². The van der Waals surface area contributed by atoms with Crippen molar-refractivity contribution < 1.29 is 19.5 Å². The van der Waals surface area contributed by atoms with E-state index in [0.29, 0.717) is 10.6 Å². The van der Waals surface area contributed by atoms with Crippen LogP contribution in [0, 0.1) is 0 Å². The minimum atomic E-state index is -1.15. The molecule has 0 saturated carbocycles. The van der Waals surface area contributed by atoms with Crippen LogP contribution in [0.15, 0.2) is 29.2 Å². The second-order valence-electron chi connectivity index (χ2n) is 3.94. The van der Waals surface area contributed by atoms with Crippen LogP contribution < -0.4 is 16.8 Å². The van der Waals surface area contributed by atoms with Crippen LogP contribution in [0.1, 0.15) is 6.42 Å². The van der Waals surface area contributed by atoms with Crippen LogP contribution in [0.25, 0.3) is 0 Å². The molecule has 0 heterocycles. The van der Waals surface area contributed by atoms with Crippen LogP contribution in [-0.4, -0.2) is 34.7 Å². The molecule has 6 N–H and O–H groups in total. The number of aliphatic carboxylic acids is 1. The highest BCUT2D eigenvalue weighted by atomic mass is 32.2. The number of hydrogen-bond donors (Lipinski definition) is 4. The summed E-state index contributed by atoms with van der Waals surface area (Å²) in [4.78, 5) is 33.7. The lowest BCUT2D eigenvalue weighted by Gasteiger charge is -2.13. The molecule has 0 spiro atoms. The standard InChI is InChI=1S/C12H15N3O4S/c13-7(5-11(17)18)12(19)15-8-3-1-2-4-9(8)20-6-10(14)16/h1-4,7H,5-6,13H2,(H2,14,16)(H,15,19)(H,17,18). The molecule has 8 heteroatoms. The highest BCUT2D eigenvalue weighted by molar-refractivity contribution is 8.00. The zero-order chi connectivity index (χ0) is 15.1. The number of nitrogens with two attached hydrogens (primary N) is 2. The number of carbonyl (C=O) groups excluding carboxylic acids is 2. The topological polar surface area (TPSA) is 136 Å². The minimum Gasteiger partial charge on any atom is -0.481 e. The van der Waals surface area contributed by atoms with E-state index in [1.54, 1.807) is 24.3 Å². The van der Waals surface area contributed by atoms with E-state index in [1.165, 1.54) is 11.8 Å². The Morgan fingerprint density at radius 3 is 2.55 bits per heavy atom. The number of nitrogens with one attached hydrogen (secondary N) is 1. The average molecular weight is 297 g/mol. The number of carboxylic acid groups (broad SMARTS) is 1. The number of primary amides is 1. The fraction of sp³-hybridized carbons (Fsp3) is 0.250. The molecule has 0 aliphatic carbocycles. The first-order chi connectivity index (χ1) is 9.40. The fourth-order valence-corrected chi connectivity index (χ4v) is 2.10. The Morgan fingerprint density at radius 1 is 1.30 bits per heavy atom. The van der Waals surface area contributed by atoms with Gasteiger partial charge in [-0.3, -0.25) is 14.4 Å². The summed E-state index contributed by atoms with van der Waals surface area (Å²) in [5.74, 6) is -2.14. The van der Waals surface area contributed by atoms with Crippen molar-refractivity contribution in [2.75, 3.05) is 11.1 Å².